The first-order valence-corrected chi connectivity index (χ1v) is 6.08. The zero-order valence-electron chi connectivity index (χ0n) is 10.9. The number of benzene rings is 1. The van der Waals surface area contributed by atoms with Gasteiger partial charge in [0, 0.05) is 6.07 Å². The average Bonchev–Trinajstić information content (AvgIpc) is 2.37. The number of nitrogens with zero attached hydrogens (tertiary/aromatic N) is 1. The van der Waals surface area contributed by atoms with E-state index >= 15 is 0 Å². The molecule has 0 spiro atoms. The van der Waals surface area contributed by atoms with Gasteiger partial charge in [0.2, 0.25) is 0 Å². The molecule has 0 aromatic heterocycles. The molecule has 1 aromatic carbocycles. The predicted molar refractivity (Wildman–Crippen MR) is 73.4 cm³/mol. The molecule has 0 heterocycles. The van der Waals surface area contributed by atoms with Crippen molar-refractivity contribution in [2.45, 2.75) is 13.8 Å². The smallest absolute Gasteiger partial charge is 0.341 e. The van der Waals surface area contributed by atoms with Crippen LogP contribution in [0.2, 0.25) is 5.02 Å². The lowest BCUT2D eigenvalue weighted by Gasteiger charge is -2.04. The molecule has 0 atom stereocenters. The Kier molecular flexibility index (Phi) is 5.40. The van der Waals surface area contributed by atoms with Crippen LogP contribution in [0.3, 0.4) is 0 Å². The summed E-state index contributed by atoms with van der Waals surface area (Å²) in [4.78, 5) is 33.2. The highest BCUT2D eigenvalue weighted by Crippen LogP contribution is 2.26. The van der Waals surface area contributed by atoms with Gasteiger partial charge in [-0.05, 0) is 31.6 Å². The summed E-state index contributed by atoms with van der Waals surface area (Å²) < 4.78 is 4.75. The molecule has 0 bridgehead atoms. The number of ketones is 1. The molecule has 0 aliphatic rings. The van der Waals surface area contributed by atoms with Crippen LogP contribution in [-0.2, 0) is 14.3 Å². The second-order valence-electron chi connectivity index (χ2n) is 3.80. The Morgan fingerprint density at radius 2 is 2.10 bits per heavy atom. The molecule has 0 aliphatic carbocycles. The van der Waals surface area contributed by atoms with Crippen LogP contribution in [-0.4, -0.2) is 23.3 Å². The van der Waals surface area contributed by atoms with E-state index in [9.17, 15) is 19.7 Å². The summed E-state index contributed by atoms with van der Waals surface area (Å²) in [6, 6.07) is 3.98. The molecule has 106 valence electrons. The van der Waals surface area contributed by atoms with Gasteiger partial charge in [-0.15, -0.1) is 0 Å². The molecule has 6 nitrogen and oxygen atoms in total. The molecule has 1 rings (SSSR count). The van der Waals surface area contributed by atoms with Crippen molar-refractivity contribution < 1.29 is 19.2 Å². The standard InChI is InChI=1S/C13H12ClNO5/c1-3-20-13(17)10(8(2)16)6-9-4-5-11(14)12(7-9)15(18)19/h4-7H,3H2,1-2H3. The lowest BCUT2D eigenvalue weighted by Crippen LogP contribution is -2.13. The van der Waals surface area contributed by atoms with E-state index in [2.05, 4.69) is 0 Å². The van der Waals surface area contributed by atoms with E-state index in [0.29, 0.717) is 5.56 Å². The third-order valence-corrected chi connectivity index (χ3v) is 2.67. The third kappa shape index (κ3) is 3.89. The molecule has 7 heteroatoms. The van der Waals surface area contributed by atoms with Crippen molar-refractivity contribution >= 4 is 35.1 Å². The normalized spacial score (nSPS) is 11.1. The highest BCUT2D eigenvalue weighted by molar-refractivity contribution is 6.32. The maximum atomic E-state index is 11.6. The van der Waals surface area contributed by atoms with Crippen molar-refractivity contribution in [2.24, 2.45) is 0 Å². The molecule has 0 radical (unpaired) electrons. The van der Waals surface area contributed by atoms with Crippen LogP contribution in [0.1, 0.15) is 19.4 Å². The average molecular weight is 298 g/mol. The number of hydrogen-bond donors (Lipinski definition) is 0. The summed E-state index contributed by atoms with van der Waals surface area (Å²) in [6.45, 7) is 2.96. The highest BCUT2D eigenvalue weighted by Gasteiger charge is 2.17. The van der Waals surface area contributed by atoms with Crippen LogP contribution in [0, 0.1) is 10.1 Å². The van der Waals surface area contributed by atoms with Crippen LogP contribution < -0.4 is 0 Å². The number of carbonyl (C=O) groups is 2. The van der Waals surface area contributed by atoms with Gasteiger partial charge in [0.05, 0.1) is 11.5 Å². The topological polar surface area (TPSA) is 86.5 Å². The van der Waals surface area contributed by atoms with Gasteiger partial charge in [-0.25, -0.2) is 4.79 Å². The van der Waals surface area contributed by atoms with Gasteiger partial charge in [-0.1, -0.05) is 17.7 Å². The van der Waals surface area contributed by atoms with Gasteiger partial charge in [0.15, 0.2) is 5.78 Å². The van der Waals surface area contributed by atoms with Crippen molar-refractivity contribution in [3.8, 4) is 0 Å². The molecule has 0 unspecified atom stereocenters. The Morgan fingerprint density at radius 3 is 2.60 bits per heavy atom. The van der Waals surface area contributed by atoms with Crippen LogP contribution in [0.5, 0.6) is 0 Å². The largest absolute Gasteiger partial charge is 0.462 e. The minimum Gasteiger partial charge on any atom is -0.462 e. The summed E-state index contributed by atoms with van der Waals surface area (Å²) in [5, 5.41) is 10.8. The Hall–Kier alpha value is -2.21. The van der Waals surface area contributed by atoms with Crippen molar-refractivity contribution in [1.29, 1.82) is 0 Å². The van der Waals surface area contributed by atoms with Crippen molar-refractivity contribution in [3.63, 3.8) is 0 Å². The summed E-state index contributed by atoms with van der Waals surface area (Å²) in [5.74, 6) is -1.25. The number of ether oxygens (including phenoxy) is 1. The van der Waals surface area contributed by atoms with Gasteiger partial charge >= 0.3 is 5.97 Å². The number of rotatable bonds is 5. The monoisotopic (exact) mass is 297 g/mol. The predicted octanol–water partition coefficient (Wildman–Crippen LogP) is 2.78. The van der Waals surface area contributed by atoms with E-state index in [-0.39, 0.29) is 22.9 Å². The van der Waals surface area contributed by atoms with Crippen molar-refractivity contribution in [1.82, 2.24) is 0 Å². The van der Waals surface area contributed by atoms with Crippen LogP contribution in [0.4, 0.5) is 5.69 Å². The van der Waals surface area contributed by atoms with Gasteiger partial charge in [-0.3, -0.25) is 14.9 Å². The van der Waals surface area contributed by atoms with E-state index in [1.165, 1.54) is 31.2 Å². The zero-order chi connectivity index (χ0) is 15.3. The second-order valence-corrected chi connectivity index (χ2v) is 4.21. The number of nitro benzene ring substituents is 1. The van der Waals surface area contributed by atoms with Crippen LogP contribution >= 0.6 is 11.6 Å². The fraction of sp³-hybridized carbons (Fsp3) is 0.231. The molecule has 0 saturated carbocycles. The Bertz CT molecular complexity index is 594. The van der Waals surface area contributed by atoms with Gasteiger partial charge in [-0.2, -0.15) is 0 Å². The molecular weight excluding hydrogens is 286 g/mol. The van der Waals surface area contributed by atoms with E-state index in [0.717, 1.165) is 0 Å². The molecule has 0 N–H and O–H groups in total. The molecular formula is C13H12ClNO5. The van der Waals surface area contributed by atoms with Gasteiger partial charge in [0.25, 0.3) is 5.69 Å². The Morgan fingerprint density at radius 1 is 1.45 bits per heavy atom. The maximum absolute atomic E-state index is 11.6. The van der Waals surface area contributed by atoms with Crippen LogP contribution in [0.15, 0.2) is 23.8 Å². The van der Waals surface area contributed by atoms with E-state index in [1.54, 1.807) is 6.92 Å². The zero-order valence-corrected chi connectivity index (χ0v) is 11.6. The molecule has 0 fully saturated rings. The number of nitro groups is 1. The van der Waals surface area contributed by atoms with Crippen molar-refractivity contribution in [2.75, 3.05) is 6.61 Å². The van der Waals surface area contributed by atoms with E-state index < -0.39 is 16.7 Å². The summed E-state index contributed by atoms with van der Waals surface area (Å²) in [5.41, 5.74) is -0.157. The third-order valence-electron chi connectivity index (χ3n) is 2.35. The molecule has 0 saturated heterocycles. The first-order valence-electron chi connectivity index (χ1n) is 5.70. The number of carbonyl (C=O) groups excluding carboxylic acids is 2. The number of Topliss-reactive ketones (excluding diaryl/α,β-unsaturated/α-hetero) is 1. The Balaban J connectivity index is 3.24. The summed E-state index contributed by atoms with van der Waals surface area (Å²) in [7, 11) is 0. The Labute approximate surface area is 120 Å². The number of hydrogen-bond acceptors (Lipinski definition) is 5. The summed E-state index contributed by atoms with van der Waals surface area (Å²) in [6.07, 6.45) is 1.24. The van der Waals surface area contributed by atoms with E-state index in [4.69, 9.17) is 16.3 Å². The molecule has 0 aliphatic heterocycles. The fourth-order valence-corrected chi connectivity index (χ4v) is 1.63. The number of esters is 1. The highest BCUT2D eigenvalue weighted by atomic mass is 35.5. The first kappa shape index (κ1) is 15.8. The quantitative estimate of drug-likeness (QED) is 0.208. The maximum Gasteiger partial charge on any atom is 0.341 e. The molecule has 20 heavy (non-hydrogen) atoms. The first-order chi connectivity index (χ1) is 9.36. The molecule has 1 aromatic rings. The fourth-order valence-electron chi connectivity index (χ4n) is 1.44. The van der Waals surface area contributed by atoms with Crippen LogP contribution in [0.25, 0.3) is 6.08 Å². The minimum absolute atomic E-state index is 0.0207. The summed E-state index contributed by atoms with van der Waals surface area (Å²) >= 11 is 5.68. The van der Waals surface area contributed by atoms with E-state index in [1.807, 2.05) is 0 Å². The lowest BCUT2D eigenvalue weighted by atomic mass is 10.1. The van der Waals surface area contributed by atoms with Crippen molar-refractivity contribution in [3.05, 3.63) is 44.5 Å². The van der Waals surface area contributed by atoms with Gasteiger partial charge < -0.3 is 4.74 Å². The minimum atomic E-state index is -0.766. The SMILES string of the molecule is CCOC(=O)C(=Cc1ccc(Cl)c([N+](=O)[O-])c1)C(C)=O. The molecule has 0 amide bonds. The second kappa shape index (κ2) is 6.81. The number of halogens is 1. The lowest BCUT2D eigenvalue weighted by molar-refractivity contribution is -0.384. The van der Waals surface area contributed by atoms with Gasteiger partial charge in [0.1, 0.15) is 10.6 Å².